The molecule has 0 aliphatic heterocycles. The second-order valence-electron chi connectivity index (χ2n) is 5.40. The number of nitrogens with two attached hydrogens (primary N) is 1. The van der Waals surface area contributed by atoms with Gasteiger partial charge in [0.25, 0.3) is 5.91 Å². The molecule has 0 spiro atoms. The van der Waals surface area contributed by atoms with Crippen molar-refractivity contribution < 1.29 is 9.53 Å². The number of amides is 1. The van der Waals surface area contributed by atoms with Crippen LogP contribution in [0.4, 0.5) is 0 Å². The number of hydrogen-bond acceptors (Lipinski definition) is 4. The van der Waals surface area contributed by atoms with Crippen LogP contribution in [0.5, 0.6) is 5.75 Å². The number of halogens is 1. The molecule has 2 N–H and O–H groups in total. The molecule has 1 aromatic heterocycles. The van der Waals surface area contributed by atoms with Crippen LogP contribution in [-0.2, 0) is 11.3 Å². The Balaban J connectivity index is 2.02. The van der Waals surface area contributed by atoms with Crippen molar-refractivity contribution in [3.8, 4) is 5.75 Å². The van der Waals surface area contributed by atoms with Crippen LogP contribution in [0.15, 0.2) is 42.7 Å². The highest BCUT2D eigenvalue weighted by molar-refractivity contribution is 6.32. The zero-order valence-electron chi connectivity index (χ0n) is 13.2. The monoisotopic (exact) mass is 333 g/mol. The van der Waals surface area contributed by atoms with Gasteiger partial charge in [-0.2, -0.15) is 0 Å². The first kappa shape index (κ1) is 17.2. The van der Waals surface area contributed by atoms with Gasteiger partial charge in [0, 0.05) is 25.0 Å². The fraction of sp³-hybridized carbons (Fsp3) is 0.294. The number of pyridine rings is 1. The number of rotatable bonds is 7. The number of benzene rings is 1. The third kappa shape index (κ3) is 4.94. The Morgan fingerprint density at radius 1 is 1.43 bits per heavy atom. The summed E-state index contributed by atoms with van der Waals surface area (Å²) >= 11 is 6.19. The minimum atomic E-state index is -0.532. The van der Waals surface area contributed by atoms with Gasteiger partial charge in [-0.3, -0.25) is 14.7 Å². The summed E-state index contributed by atoms with van der Waals surface area (Å²) < 4.78 is 5.25. The van der Waals surface area contributed by atoms with Crippen molar-refractivity contribution >= 4 is 17.5 Å². The molecule has 1 aromatic carbocycles. The van der Waals surface area contributed by atoms with Crippen LogP contribution in [-0.4, -0.2) is 29.4 Å². The normalized spacial score (nSPS) is 12.2. The van der Waals surface area contributed by atoms with Crippen LogP contribution in [0, 0.1) is 0 Å². The highest BCUT2D eigenvalue weighted by atomic mass is 35.5. The van der Waals surface area contributed by atoms with Gasteiger partial charge >= 0.3 is 0 Å². The summed E-state index contributed by atoms with van der Waals surface area (Å²) in [6, 6.07) is 9.74. The van der Waals surface area contributed by atoms with Crippen molar-refractivity contribution in [3.05, 3.63) is 58.9 Å². The van der Waals surface area contributed by atoms with Gasteiger partial charge < -0.3 is 10.5 Å². The van der Waals surface area contributed by atoms with Crippen molar-refractivity contribution in [2.75, 3.05) is 13.7 Å². The standard InChI is InChI=1S/C17H20ClN3O2/c1-12(14-4-3-7-20-9-14)21(2)10-13-5-6-16(15(18)8-13)23-11-17(19)22/h3-9,12H,10-11H2,1-2H3,(H2,19,22). The molecule has 2 aromatic rings. The molecule has 0 radical (unpaired) electrons. The lowest BCUT2D eigenvalue weighted by Gasteiger charge is -2.25. The molecular formula is C17H20ClN3O2. The lowest BCUT2D eigenvalue weighted by Crippen LogP contribution is -2.22. The van der Waals surface area contributed by atoms with E-state index < -0.39 is 5.91 Å². The van der Waals surface area contributed by atoms with Crippen LogP contribution in [0.25, 0.3) is 0 Å². The van der Waals surface area contributed by atoms with Crippen molar-refractivity contribution in [2.45, 2.75) is 19.5 Å². The molecule has 0 fully saturated rings. The van der Waals surface area contributed by atoms with Crippen molar-refractivity contribution in [3.63, 3.8) is 0 Å². The summed E-state index contributed by atoms with van der Waals surface area (Å²) in [6.45, 7) is 2.67. The Hall–Kier alpha value is -2.11. The van der Waals surface area contributed by atoms with E-state index >= 15 is 0 Å². The number of carbonyl (C=O) groups excluding carboxylic acids is 1. The molecule has 6 heteroatoms. The summed E-state index contributed by atoms with van der Waals surface area (Å²) in [6.07, 6.45) is 3.63. The molecule has 0 saturated carbocycles. The van der Waals surface area contributed by atoms with E-state index in [2.05, 4.69) is 22.9 Å². The number of nitrogens with zero attached hydrogens (tertiary/aromatic N) is 2. The first-order chi connectivity index (χ1) is 11.0. The molecule has 0 saturated heterocycles. The van der Waals surface area contributed by atoms with E-state index in [0.717, 1.165) is 17.7 Å². The topological polar surface area (TPSA) is 68.5 Å². The van der Waals surface area contributed by atoms with Crippen molar-refractivity contribution in [1.82, 2.24) is 9.88 Å². The van der Waals surface area contributed by atoms with Gasteiger partial charge in [-0.25, -0.2) is 0 Å². The predicted octanol–water partition coefficient (Wildman–Crippen LogP) is 2.79. The summed E-state index contributed by atoms with van der Waals surface area (Å²) in [5.41, 5.74) is 7.27. The van der Waals surface area contributed by atoms with Crippen molar-refractivity contribution in [1.29, 1.82) is 0 Å². The molecular weight excluding hydrogens is 314 g/mol. The Kier molecular flexibility index (Phi) is 5.96. The maximum absolute atomic E-state index is 10.7. The van der Waals surface area contributed by atoms with Gasteiger partial charge in [-0.15, -0.1) is 0 Å². The molecule has 1 atom stereocenters. The maximum atomic E-state index is 10.7. The largest absolute Gasteiger partial charge is 0.482 e. The molecule has 2 rings (SSSR count). The summed E-state index contributed by atoms with van der Waals surface area (Å²) in [5.74, 6) is -0.0765. The van der Waals surface area contributed by atoms with Gasteiger partial charge in [-0.1, -0.05) is 23.7 Å². The highest BCUT2D eigenvalue weighted by Crippen LogP contribution is 2.27. The second-order valence-corrected chi connectivity index (χ2v) is 5.80. The lowest BCUT2D eigenvalue weighted by atomic mass is 10.1. The number of ether oxygens (including phenoxy) is 1. The minimum Gasteiger partial charge on any atom is -0.482 e. The highest BCUT2D eigenvalue weighted by Gasteiger charge is 2.13. The van der Waals surface area contributed by atoms with Gasteiger partial charge in [0.15, 0.2) is 6.61 Å². The van der Waals surface area contributed by atoms with E-state index in [-0.39, 0.29) is 12.6 Å². The van der Waals surface area contributed by atoms with Crippen molar-refractivity contribution in [2.24, 2.45) is 5.73 Å². The molecule has 122 valence electrons. The molecule has 1 amide bonds. The van der Waals surface area contributed by atoms with Crippen LogP contribution < -0.4 is 10.5 Å². The SMILES string of the molecule is CC(c1cccnc1)N(C)Cc1ccc(OCC(N)=O)c(Cl)c1. The van der Waals surface area contributed by atoms with Gasteiger partial charge in [0.05, 0.1) is 5.02 Å². The fourth-order valence-corrected chi connectivity index (χ4v) is 2.47. The number of primary amides is 1. The number of aromatic nitrogens is 1. The number of carbonyl (C=O) groups is 1. The molecule has 23 heavy (non-hydrogen) atoms. The molecule has 1 unspecified atom stereocenters. The van der Waals surface area contributed by atoms with Crippen LogP contribution in [0.3, 0.4) is 0 Å². The average Bonchev–Trinajstić information content (AvgIpc) is 2.54. The van der Waals surface area contributed by atoms with Gasteiger partial charge in [-0.05, 0) is 43.3 Å². The van der Waals surface area contributed by atoms with Gasteiger partial charge in [0.2, 0.25) is 0 Å². The third-order valence-electron chi connectivity index (χ3n) is 3.63. The molecule has 0 bridgehead atoms. The van der Waals surface area contributed by atoms with Crippen LogP contribution in [0.1, 0.15) is 24.1 Å². The first-order valence-electron chi connectivity index (χ1n) is 7.27. The number of hydrogen-bond donors (Lipinski definition) is 1. The Labute approximate surface area is 141 Å². The zero-order chi connectivity index (χ0) is 16.8. The average molecular weight is 334 g/mol. The van der Waals surface area contributed by atoms with E-state index in [1.54, 1.807) is 12.3 Å². The van der Waals surface area contributed by atoms with E-state index in [4.69, 9.17) is 22.1 Å². The van der Waals surface area contributed by atoms with Crippen LogP contribution in [0.2, 0.25) is 5.02 Å². The molecule has 0 aliphatic carbocycles. The lowest BCUT2D eigenvalue weighted by molar-refractivity contribution is -0.119. The summed E-state index contributed by atoms with van der Waals surface area (Å²) in [5, 5.41) is 0.464. The van der Waals surface area contributed by atoms with Gasteiger partial charge in [0.1, 0.15) is 5.75 Å². The zero-order valence-corrected chi connectivity index (χ0v) is 14.0. The third-order valence-corrected chi connectivity index (χ3v) is 3.92. The van der Waals surface area contributed by atoms with E-state index in [1.165, 1.54) is 0 Å². The minimum absolute atomic E-state index is 0.184. The second kappa shape index (κ2) is 7.94. The first-order valence-corrected chi connectivity index (χ1v) is 7.65. The van der Waals surface area contributed by atoms with E-state index in [9.17, 15) is 4.79 Å². The quantitative estimate of drug-likeness (QED) is 0.846. The molecule has 0 aliphatic rings. The Morgan fingerprint density at radius 2 is 2.22 bits per heavy atom. The van der Waals surface area contributed by atoms with E-state index in [1.807, 2.05) is 31.4 Å². The predicted molar refractivity (Wildman–Crippen MR) is 90.3 cm³/mol. The van der Waals surface area contributed by atoms with Crippen LogP contribution >= 0.6 is 11.6 Å². The maximum Gasteiger partial charge on any atom is 0.255 e. The summed E-state index contributed by atoms with van der Waals surface area (Å²) in [4.78, 5) is 17.1. The molecule has 1 heterocycles. The molecule has 5 nitrogen and oxygen atoms in total. The smallest absolute Gasteiger partial charge is 0.255 e. The summed E-state index contributed by atoms with van der Waals surface area (Å²) in [7, 11) is 2.04. The van der Waals surface area contributed by atoms with E-state index in [0.29, 0.717) is 10.8 Å². The Morgan fingerprint density at radius 3 is 2.83 bits per heavy atom. The Bertz CT molecular complexity index is 664. The fourth-order valence-electron chi connectivity index (χ4n) is 2.21.